The molecule has 1 nitrogen and oxygen atoms in total. The monoisotopic (exact) mass is 312 g/mol. The minimum atomic E-state index is 0.129. The first-order chi connectivity index (χ1) is 11.3. The van der Waals surface area contributed by atoms with E-state index in [1.165, 1.54) is 16.2 Å². The maximum Gasteiger partial charge on any atom is 0.195 e. The fourth-order valence-electron chi connectivity index (χ4n) is 3.24. The summed E-state index contributed by atoms with van der Waals surface area (Å²) in [6.07, 6.45) is 0. The van der Waals surface area contributed by atoms with Crippen LogP contribution in [0.4, 0.5) is 0 Å². The third-order valence-corrected chi connectivity index (χ3v) is 5.53. The SMILES string of the molecule is O=c1c2ccccc2sc2cc3cc4ccccc4cc3cc12. The fraction of sp³-hybridized carbons (Fsp3) is 0. The Morgan fingerprint density at radius 3 is 2.00 bits per heavy atom. The van der Waals surface area contributed by atoms with E-state index in [9.17, 15) is 4.79 Å². The Morgan fingerprint density at radius 1 is 0.565 bits per heavy atom. The van der Waals surface area contributed by atoms with Gasteiger partial charge in [-0.25, -0.2) is 0 Å². The van der Waals surface area contributed by atoms with Gasteiger partial charge in [0.2, 0.25) is 0 Å². The van der Waals surface area contributed by atoms with Gasteiger partial charge in [0.25, 0.3) is 0 Å². The largest absolute Gasteiger partial charge is 0.289 e. The second-order valence-electron chi connectivity index (χ2n) is 5.82. The van der Waals surface area contributed by atoms with Crippen LogP contribution in [0.2, 0.25) is 0 Å². The molecule has 108 valence electrons. The Labute approximate surface area is 136 Å². The lowest BCUT2D eigenvalue weighted by molar-refractivity contribution is 1.76. The molecule has 1 heterocycles. The van der Waals surface area contributed by atoms with Crippen molar-refractivity contribution in [3.05, 3.63) is 83.0 Å². The molecule has 23 heavy (non-hydrogen) atoms. The standard InChI is InChI=1S/C21H12OS/c22-21-17-7-3-4-8-19(17)23-20-12-16-10-14-6-2-1-5-13(14)9-15(16)11-18(20)21/h1-12H. The van der Waals surface area contributed by atoms with Gasteiger partial charge in [-0.1, -0.05) is 36.4 Å². The highest BCUT2D eigenvalue weighted by Gasteiger charge is 2.07. The Kier molecular flexibility index (Phi) is 2.58. The molecule has 4 aromatic carbocycles. The molecule has 0 fully saturated rings. The van der Waals surface area contributed by atoms with Gasteiger partial charge >= 0.3 is 0 Å². The van der Waals surface area contributed by atoms with E-state index in [0.29, 0.717) is 0 Å². The van der Waals surface area contributed by atoms with E-state index in [1.54, 1.807) is 11.3 Å². The Balaban J connectivity index is 1.99. The minimum Gasteiger partial charge on any atom is -0.289 e. The summed E-state index contributed by atoms with van der Waals surface area (Å²) in [5.74, 6) is 0. The minimum absolute atomic E-state index is 0.129. The van der Waals surface area contributed by atoms with Crippen LogP contribution in [0.3, 0.4) is 0 Å². The molecule has 0 aliphatic carbocycles. The summed E-state index contributed by atoms with van der Waals surface area (Å²) in [4.78, 5) is 12.8. The van der Waals surface area contributed by atoms with Gasteiger partial charge in [0, 0.05) is 20.2 Å². The highest BCUT2D eigenvalue weighted by Crippen LogP contribution is 2.30. The lowest BCUT2D eigenvalue weighted by atomic mass is 10.0. The quantitative estimate of drug-likeness (QED) is 0.334. The van der Waals surface area contributed by atoms with Crippen molar-refractivity contribution >= 4 is 53.1 Å². The van der Waals surface area contributed by atoms with Crippen molar-refractivity contribution in [1.29, 1.82) is 0 Å². The Bertz CT molecular complexity index is 1280. The van der Waals surface area contributed by atoms with Gasteiger partial charge in [0.15, 0.2) is 5.43 Å². The Hall–Kier alpha value is -2.71. The van der Waals surface area contributed by atoms with E-state index in [1.807, 2.05) is 36.4 Å². The van der Waals surface area contributed by atoms with Crippen LogP contribution in [0.5, 0.6) is 0 Å². The van der Waals surface area contributed by atoms with Crippen LogP contribution < -0.4 is 5.43 Å². The summed E-state index contributed by atoms with van der Waals surface area (Å²) in [6.45, 7) is 0. The van der Waals surface area contributed by atoms with Gasteiger partial charge in [0.1, 0.15) is 0 Å². The molecular formula is C21H12OS. The second-order valence-corrected chi connectivity index (χ2v) is 6.91. The molecule has 0 bridgehead atoms. The van der Waals surface area contributed by atoms with Gasteiger partial charge in [-0.15, -0.1) is 11.3 Å². The molecule has 0 radical (unpaired) electrons. The van der Waals surface area contributed by atoms with Crippen molar-refractivity contribution in [1.82, 2.24) is 0 Å². The zero-order chi connectivity index (χ0) is 15.4. The molecule has 0 saturated heterocycles. The first kappa shape index (κ1) is 12.8. The summed E-state index contributed by atoms with van der Waals surface area (Å²) in [6, 6.07) is 24.8. The van der Waals surface area contributed by atoms with Crippen LogP contribution in [0, 0.1) is 0 Å². The molecule has 5 aromatic rings. The predicted octanol–water partition coefficient (Wildman–Crippen LogP) is 5.72. The maximum absolute atomic E-state index is 12.8. The average Bonchev–Trinajstić information content (AvgIpc) is 2.59. The highest BCUT2D eigenvalue weighted by atomic mass is 32.1. The molecule has 0 spiro atoms. The summed E-state index contributed by atoms with van der Waals surface area (Å²) < 4.78 is 2.10. The highest BCUT2D eigenvalue weighted by molar-refractivity contribution is 7.24. The number of hydrogen-bond acceptors (Lipinski definition) is 2. The summed E-state index contributed by atoms with van der Waals surface area (Å²) in [5.41, 5.74) is 0.129. The van der Waals surface area contributed by atoms with Crippen molar-refractivity contribution in [3.63, 3.8) is 0 Å². The van der Waals surface area contributed by atoms with Crippen molar-refractivity contribution < 1.29 is 0 Å². The zero-order valence-corrected chi connectivity index (χ0v) is 13.1. The molecule has 0 unspecified atom stereocenters. The molecule has 0 N–H and O–H groups in total. The maximum atomic E-state index is 12.8. The zero-order valence-electron chi connectivity index (χ0n) is 12.2. The lowest BCUT2D eigenvalue weighted by Gasteiger charge is -2.06. The molecule has 0 aliphatic heterocycles. The smallest absolute Gasteiger partial charge is 0.195 e. The van der Waals surface area contributed by atoms with Crippen LogP contribution in [0.25, 0.3) is 41.7 Å². The summed E-state index contributed by atoms with van der Waals surface area (Å²) in [7, 11) is 0. The van der Waals surface area contributed by atoms with E-state index in [2.05, 4.69) is 36.4 Å². The second kappa shape index (κ2) is 4.64. The van der Waals surface area contributed by atoms with E-state index in [4.69, 9.17) is 0 Å². The first-order valence-electron chi connectivity index (χ1n) is 7.58. The van der Waals surface area contributed by atoms with Crippen molar-refractivity contribution in [2.45, 2.75) is 0 Å². The van der Waals surface area contributed by atoms with Crippen LogP contribution in [0.15, 0.2) is 77.6 Å². The lowest BCUT2D eigenvalue weighted by Crippen LogP contribution is -2.00. The van der Waals surface area contributed by atoms with Crippen LogP contribution in [-0.2, 0) is 0 Å². The summed E-state index contributed by atoms with van der Waals surface area (Å²) in [5, 5.41) is 6.36. The predicted molar refractivity (Wildman–Crippen MR) is 101 cm³/mol. The molecule has 0 atom stereocenters. The average molecular weight is 312 g/mol. The number of benzene rings is 4. The van der Waals surface area contributed by atoms with E-state index < -0.39 is 0 Å². The third kappa shape index (κ3) is 1.89. The van der Waals surface area contributed by atoms with Crippen molar-refractivity contribution in [2.24, 2.45) is 0 Å². The number of rotatable bonds is 0. The Morgan fingerprint density at radius 2 is 1.22 bits per heavy atom. The molecule has 1 aromatic heterocycles. The molecular weight excluding hydrogens is 300 g/mol. The third-order valence-electron chi connectivity index (χ3n) is 4.40. The van der Waals surface area contributed by atoms with Gasteiger partial charge in [0.05, 0.1) is 0 Å². The normalized spacial score (nSPS) is 11.7. The molecule has 0 amide bonds. The van der Waals surface area contributed by atoms with Crippen LogP contribution in [0.1, 0.15) is 0 Å². The van der Waals surface area contributed by atoms with Gasteiger partial charge < -0.3 is 0 Å². The first-order valence-corrected chi connectivity index (χ1v) is 8.39. The van der Waals surface area contributed by atoms with E-state index in [-0.39, 0.29) is 5.43 Å². The van der Waals surface area contributed by atoms with E-state index in [0.717, 1.165) is 25.6 Å². The van der Waals surface area contributed by atoms with Crippen LogP contribution in [-0.4, -0.2) is 0 Å². The van der Waals surface area contributed by atoms with Gasteiger partial charge in [-0.2, -0.15) is 0 Å². The molecule has 0 saturated carbocycles. The number of fused-ring (bicyclic) bond motifs is 4. The fourth-order valence-corrected chi connectivity index (χ4v) is 4.34. The topological polar surface area (TPSA) is 17.1 Å². The van der Waals surface area contributed by atoms with Gasteiger partial charge in [-0.05, 0) is 57.9 Å². The van der Waals surface area contributed by atoms with E-state index >= 15 is 0 Å². The number of hydrogen-bond donors (Lipinski definition) is 0. The van der Waals surface area contributed by atoms with Crippen LogP contribution >= 0.6 is 11.3 Å². The molecule has 5 rings (SSSR count). The summed E-state index contributed by atoms with van der Waals surface area (Å²) >= 11 is 1.69. The van der Waals surface area contributed by atoms with Gasteiger partial charge in [-0.3, -0.25) is 4.79 Å². The molecule has 0 aliphatic rings. The van der Waals surface area contributed by atoms with Crippen molar-refractivity contribution in [2.75, 3.05) is 0 Å². The van der Waals surface area contributed by atoms with Crippen molar-refractivity contribution in [3.8, 4) is 0 Å². The molecule has 2 heteroatoms.